The van der Waals surface area contributed by atoms with Crippen molar-refractivity contribution in [3.05, 3.63) is 42.0 Å². The molecule has 0 aliphatic heterocycles. The maximum absolute atomic E-state index is 10.4. The molecule has 20 heavy (non-hydrogen) atoms. The van der Waals surface area contributed by atoms with Gasteiger partial charge in [0.05, 0.1) is 12.1 Å². The molecule has 3 heteroatoms. The molecule has 3 nitrogen and oxygen atoms in total. The average molecular weight is 271 g/mol. The van der Waals surface area contributed by atoms with Gasteiger partial charge in [0.15, 0.2) is 0 Å². The normalized spacial score (nSPS) is 19.3. The summed E-state index contributed by atoms with van der Waals surface area (Å²) >= 11 is 0. The van der Waals surface area contributed by atoms with Crippen LogP contribution in [0.25, 0.3) is 10.8 Å². The molecular formula is C17H21NO2. The lowest BCUT2D eigenvalue weighted by atomic mass is 9.90. The largest absolute Gasteiger partial charge is 0.508 e. The van der Waals surface area contributed by atoms with Crippen molar-refractivity contribution in [2.75, 3.05) is 0 Å². The van der Waals surface area contributed by atoms with Crippen molar-refractivity contribution in [3.63, 3.8) is 0 Å². The van der Waals surface area contributed by atoms with E-state index in [2.05, 4.69) is 0 Å². The highest BCUT2D eigenvalue weighted by Crippen LogP contribution is 2.33. The van der Waals surface area contributed by atoms with E-state index >= 15 is 0 Å². The third-order valence-corrected chi connectivity index (χ3v) is 4.48. The van der Waals surface area contributed by atoms with E-state index in [1.165, 1.54) is 12.8 Å². The summed E-state index contributed by atoms with van der Waals surface area (Å²) in [5.41, 5.74) is 7.20. The van der Waals surface area contributed by atoms with E-state index in [1.54, 1.807) is 12.1 Å². The van der Waals surface area contributed by atoms with E-state index in [9.17, 15) is 10.2 Å². The third kappa shape index (κ3) is 2.51. The van der Waals surface area contributed by atoms with Gasteiger partial charge in [-0.05, 0) is 53.3 Å². The lowest BCUT2D eigenvalue weighted by Gasteiger charge is -2.24. The van der Waals surface area contributed by atoms with Crippen LogP contribution in [0.3, 0.4) is 0 Å². The summed E-state index contributed by atoms with van der Waals surface area (Å²) in [7, 11) is 0. The van der Waals surface area contributed by atoms with Crippen molar-refractivity contribution in [1.82, 2.24) is 0 Å². The van der Waals surface area contributed by atoms with Crippen molar-refractivity contribution in [3.8, 4) is 5.75 Å². The zero-order chi connectivity index (χ0) is 14.1. The maximum atomic E-state index is 10.4. The average Bonchev–Trinajstić information content (AvgIpc) is 2.99. The molecule has 0 unspecified atom stereocenters. The van der Waals surface area contributed by atoms with Crippen molar-refractivity contribution in [1.29, 1.82) is 0 Å². The zero-order valence-electron chi connectivity index (χ0n) is 11.5. The summed E-state index contributed by atoms with van der Waals surface area (Å²) in [6, 6.07) is 10.9. The molecular weight excluding hydrogens is 250 g/mol. The SMILES string of the molecule is N[C@@H](c1ccc2cc(O)ccc2c1)[C@H](O)C1CCCC1. The summed E-state index contributed by atoms with van der Waals surface area (Å²) in [6.45, 7) is 0. The Morgan fingerprint density at radius 1 is 1.00 bits per heavy atom. The first kappa shape index (κ1) is 13.4. The molecule has 1 aliphatic carbocycles. The number of nitrogens with two attached hydrogens (primary N) is 1. The molecule has 1 fully saturated rings. The van der Waals surface area contributed by atoms with Crippen LogP contribution in [0.5, 0.6) is 5.75 Å². The highest BCUT2D eigenvalue weighted by molar-refractivity contribution is 5.84. The van der Waals surface area contributed by atoms with Crippen molar-refractivity contribution in [2.45, 2.75) is 37.8 Å². The topological polar surface area (TPSA) is 66.5 Å². The summed E-state index contributed by atoms with van der Waals surface area (Å²) in [5.74, 6) is 0.598. The number of phenols is 1. The van der Waals surface area contributed by atoms with E-state index in [0.717, 1.165) is 29.2 Å². The Labute approximate surface area is 119 Å². The molecule has 2 aromatic carbocycles. The van der Waals surface area contributed by atoms with Gasteiger partial charge in [-0.25, -0.2) is 0 Å². The van der Waals surface area contributed by atoms with Gasteiger partial charge in [0.25, 0.3) is 0 Å². The van der Waals surface area contributed by atoms with Gasteiger partial charge in [0.1, 0.15) is 5.75 Å². The molecule has 0 spiro atoms. The molecule has 2 aromatic rings. The van der Waals surface area contributed by atoms with Gasteiger partial charge in [-0.15, -0.1) is 0 Å². The highest BCUT2D eigenvalue weighted by Gasteiger charge is 2.28. The van der Waals surface area contributed by atoms with E-state index in [4.69, 9.17) is 5.73 Å². The van der Waals surface area contributed by atoms with E-state index < -0.39 is 6.10 Å². The quantitative estimate of drug-likeness (QED) is 0.803. The predicted octanol–water partition coefficient (Wildman–Crippen LogP) is 3.10. The molecule has 106 valence electrons. The fourth-order valence-corrected chi connectivity index (χ4v) is 3.25. The van der Waals surface area contributed by atoms with Crippen LogP contribution in [-0.4, -0.2) is 16.3 Å². The van der Waals surface area contributed by atoms with Gasteiger partial charge in [-0.3, -0.25) is 0 Å². The zero-order valence-corrected chi connectivity index (χ0v) is 11.5. The molecule has 0 aromatic heterocycles. The summed E-state index contributed by atoms with van der Waals surface area (Å²) < 4.78 is 0. The number of benzene rings is 2. The molecule has 1 aliphatic rings. The minimum atomic E-state index is -0.466. The standard InChI is InChI=1S/C17H21NO2/c18-16(17(20)11-3-1-2-4-11)14-6-5-13-10-15(19)8-7-12(13)9-14/h5-11,16-17,19-20H,1-4,18H2/t16-,17+/m0/s1. The van der Waals surface area contributed by atoms with E-state index in [0.29, 0.717) is 5.92 Å². The Bertz CT molecular complexity index is 605. The molecule has 4 N–H and O–H groups in total. The molecule has 0 bridgehead atoms. The Morgan fingerprint density at radius 2 is 1.65 bits per heavy atom. The summed E-state index contributed by atoms with van der Waals surface area (Å²) in [5, 5.41) is 21.9. The van der Waals surface area contributed by atoms with Crippen LogP contribution < -0.4 is 5.73 Å². The third-order valence-electron chi connectivity index (χ3n) is 4.48. The predicted molar refractivity (Wildman–Crippen MR) is 80.5 cm³/mol. The molecule has 3 rings (SSSR count). The second kappa shape index (κ2) is 5.43. The lowest BCUT2D eigenvalue weighted by Crippen LogP contribution is -2.31. The minimum Gasteiger partial charge on any atom is -0.508 e. The molecule has 0 saturated heterocycles. The van der Waals surface area contributed by atoms with Crippen LogP contribution in [0.2, 0.25) is 0 Å². The summed E-state index contributed by atoms with van der Waals surface area (Å²) in [4.78, 5) is 0. The van der Waals surface area contributed by atoms with Crippen molar-refractivity contribution < 1.29 is 10.2 Å². The van der Waals surface area contributed by atoms with Gasteiger partial charge < -0.3 is 15.9 Å². The fourth-order valence-electron chi connectivity index (χ4n) is 3.25. The van der Waals surface area contributed by atoms with Gasteiger partial charge in [-0.2, -0.15) is 0 Å². The van der Waals surface area contributed by atoms with E-state index in [-0.39, 0.29) is 11.8 Å². The first-order chi connectivity index (χ1) is 9.65. The highest BCUT2D eigenvalue weighted by atomic mass is 16.3. The second-order valence-corrected chi connectivity index (χ2v) is 5.85. The van der Waals surface area contributed by atoms with Crippen LogP contribution >= 0.6 is 0 Å². The van der Waals surface area contributed by atoms with Crippen LogP contribution in [0, 0.1) is 5.92 Å². The Hall–Kier alpha value is -1.58. The molecule has 0 amide bonds. The maximum Gasteiger partial charge on any atom is 0.116 e. The van der Waals surface area contributed by atoms with Gasteiger partial charge in [-0.1, -0.05) is 31.0 Å². The second-order valence-electron chi connectivity index (χ2n) is 5.85. The molecule has 0 radical (unpaired) electrons. The lowest BCUT2D eigenvalue weighted by molar-refractivity contribution is 0.0845. The number of rotatable bonds is 3. The molecule has 1 saturated carbocycles. The van der Waals surface area contributed by atoms with Crippen molar-refractivity contribution >= 4 is 10.8 Å². The number of hydrogen-bond acceptors (Lipinski definition) is 3. The van der Waals surface area contributed by atoms with Crippen molar-refractivity contribution in [2.24, 2.45) is 11.7 Å². The molecule has 2 atom stereocenters. The first-order valence-corrected chi connectivity index (χ1v) is 7.31. The van der Waals surface area contributed by atoms with E-state index in [1.807, 2.05) is 24.3 Å². The molecule has 0 heterocycles. The van der Waals surface area contributed by atoms with Gasteiger partial charge >= 0.3 is 0 Å². The Morgan fingerprint density at radius 3 is 2.40 bits per heavy atom. The number of aliphatic hydroxyl groups is 1. The monoisotopic (exact) mass is 271 g/mol. The summed E-state index contributed by atoms with van der Waals surface area (Å²) in [6.07, 6.45) is 4.09. The number of aromatic hydroxyl groups is 1. The number of phenolic OH excluding ortho intramolecular Hbond substituents is 1. The van der Waals surface area contributed by atoms with Crippen LogP contribution in [0.15, 0.2) is 36.4 Å². The number of hydrogen-bond donors (Lipinski definition) is 3. The number of fused-ring (bicyclic) bond motifs is 1. The van der Waals surface area contributed by atoms with Gasteiger partial charge in [0.2, 0.25) is 0 Å². The van der Waals surface area contributed by atoms with Crippen LogP contribution in [0.4, 0.5) is 0 Å². The van der Waals surface area contributed by atoms with Crippen LogP contribution in [-0.2, 0) is 0 Å². The minimum absolute atomic E-state index is 0.264. The number of aliphatic hydroxyl groups excluding tert-OH is 1. The Kier molecular flexibility index (Phi) is 3.64. The van der Waals surface area contributed by atoms with Gasteiger partial charge in [0, 0.05) is 0 Å². The fraction of sp³-hybridized carbons (Fsp3) is 0.412. The first-order valence-electron chi connectivity index (χ1n) is 7.31. The Balaban J connectivity index is 1.87. The van der Waals surface area contributed by atoms with Crippen LogP contribution in [0.1, 0.15) is 37.3 Å². The smallest absolute Gasteiger partial charge is 0.116 e.